The number of allylic oxidation sites excluding steroid dienone is 4. The van der Waals surface area contributed by atoms with Crippen LogP contribution in [0.15, 0.2) is 24.3 Å². The molecule has 0 aliphatic heterocycles. The standard InChI is InChI=1S/C12H20Cl2O/c1-3-5-7-11(13)9-15-10-12(14)8-6-4-2/h3-6,11-12H,7-10H2,1-2H3. The number of hydrogen-bond acceptors (Lipinski definition) is 1. The minimum atomic E-state index is 0.0479. The van der Waals surface area contributed by atoms with Gasteiger partial charge in [0.05, 0.1) is 24.0 Å². The van der Waals surface area contributed by atoms with Crippen molar-refractivity contribution in [3.05, 3.63) is 24.3 Å². The van der Waals surface area contributed by atoms with Crippen molar-refractivity contribution in [1.82, 2.24) is 0 Å². The quantitative estimate of drug-likeness (QED) is 0.465. The largest absolute Gasteiger partial charge is 0.378 e. The summed E-state index contributed by atoms with van der Waals surface area (Å²) in [4.78, 5) is 0. The van der Waals surface area contributed by atoms with Gasteiger partial charge in [-0.1, -0.05) is 24.3 Å². The van der Waals surface area contributed by atoms with E-state index < -0.39 is 0 Å². The van der Waals surface area contributed by atoms with Crippen LogP contribution in [0.4, 0.5) is 0 Å². The molecule has 0 saturated carbocycles. The molecule has 88 valence electrons. The number of halogens is 2. The van der Waals surface area contributed by atoms with Crippen molar-refractivity contribution >= 4 is 23.2 Å². The van der Waals surface area contributed by atoms with E-state index in [2.05, 4.69) is 0 Å². The molecule has 0 aliphatic rings. The third-order valence-electron chi connectivity index (χ3n) is 1.85. The average molecular weight is 251 g/mol. The van der Waals surface area contributed by atoms with Crippen LogP contribution in [0.5, 0.6) is 0 Å². The van der Waals surface area contributed by atoms with Gasteiger partial charge in [-0.15, -0.1) is 23.2 Å². The van der Waals surface area contributed by atoms with Crippen molar-refractivity contribution in [3.63, 3.8) is 0 Å². The maximum absolute atomic E-state index is 6.01. The molecule has 0 saturated heterocycles. The Morgan fingerprint density at radius 3 is 1.67 bits per heavy atom. The molecule has 0 rings (SSSR count). The molecule has 0 spiro atoms. The molecule has 2 unspecified atom stereocenters. The zero-order valence-electron chi connectivity index (χ0n) is 9.46. The number of ether oxygens (including phenoxy) is 1. The molecule has 3 heteroatoms. The average Bonchev–Trinajstić information content (AvgIpc) is 2.23. The van der Waals surface area contributed by atoms with Crippen LogP contribution in [0.2, 0.25) is 0 Å². The molecule has 2 atom stereocenters. The summed E-state index contributed by atoms with van der Waals surface area (Å²) in [6.07, 6.45) is 9.76. The minimum Gasteiger partial charge on any atom is -0.378 e. The molecule has 0 radical (unpaired) electrons. The van der Waals surface area contributed by atoms with Gasteiger partial charge >= 0.3 is 0 Å². The van der Waals surface area contributed by atoms with Crippen LogP contribution in [0, 0.1) is 0 Å². The summed E-state index contributed by atoms with van der Waals surface area (Å²) in [5.41, 5.74) is 0. The fourth-order valence-electron chi connectivity index (χ4n) is 1.03. The molecule has 0 N–H and O–H groups in total. The predicted octanol–water partition coefficient (Wildman–Crippen LogP) is 4.15. The fourth-order valence-corrected chi connectivity index (χ4v) is 1.41. The molecule has 15 heavy (non-hydrogen) atoms. The highest BCUT2D eigenvalue weighted by atomic mass is 35.5. The molecule has 0 aromatic rings. The molecule has 0 aromatic heterocycles. The Morgan fingerprint density at radius 1 is 0.933 bits per heavy atom. The second-order valence-corrected chi connectivity index (χ2v) is 4.58. The van der Waals surface area contributed by atoms with E-state index in [0.717, 1.165) is 12.8 Å². The first-order valence-corrected chi connectivity index (χ1v) is 6.16. The summed E-state index contributed by atoms with van der Waals surface area (Å²) in [6.45, 7) is 5.09. The summed E-state index contributed by atoms with van der Waals surface area (Å²) in [6, 6.07) is 0. The van der Waals surface area contributed by atoms with E-state index >= 15 is 0 Å². The maximum Gasteiger partial charge on any atom is 0.0633 e. The van der Waals surface area contributed by atoms with E-state index in [1.807, 2.05) is 38.2 Å². The van der Waals surface area contributed by atoms with Crippen LogP contribution in [0.3, 0.4) is 0 Å². The van der Waals surface area contributed by atoms with E-state index in [1.54, 1.807) is 0 Å². The van der Waals surface area contributed by atoms with E-state index in [0.29, 0.717) is 13.2 Å². The summed E-state index contributed by atoms with van der Waals surface area (Å²) in [5, 5.41) is 0.0959. The lowest BCUT2D eigenvalue weighted by Crippen LogP contribution is -2.14. The van der Waals surface area contributed by atoms with Crippen LogP contribution in [-0.2, 0) is 4.74 Å². The van der Waals surface area contributed by atoms with Gasteiger partial charge in [0.2, 0.25) is 0 Å². The molecular formula is C12H20Cl2O. The lowest BCUT2D eigenvalue weighted by atomic mass is 10.3. The molecule has 0 bridgehead atoms. The van der Waals surface area contributed by atoms with E-state index in [9.17, 15) is 0 Å². The van der Waals surface area contributed by atoms with Gasteiger partial charge in [0.1, 0.15) is 0 Å². The number of rotatable bonds is 8. The lowest BCUT2D eigenvalue weighted by Gasteiger charge is -2.10. The monoisotopic (exact) mass is 250 g/mol. The smallest absolute Gasteiger partial charge is 0.0633 e. The van der Waals surface area contributed by atoms with Gasteiger partial charge < -0.3 is 4.74 Å². The Hall–Kier alpha value is 0.0200. The van der Waals surface area contributed by atoms with Crippen LogP contribution in [0.1, 0.15) is 26.7 Å². The second kappa shape index (κ2) is 10.5. The SMILES string of the molecule is CC=CCC(Cl)COCC(Cl)CC=CC. The van der Waals surface area contributed by atoms with Crippen molar-refractivity contribution < 1.29 is 4.74 Å². The van der Waals surface area contributed by atoms with Gasteiger partial charge in [-0.25, -0.2) is 0 Å². The van der Waals surface area contributed by atoms with E-state index in [-0.39, 0.29) is 10.8 Å². The maximum atomic E-state index is 6.01. The normalized spacial score (nSPS) is 16.3. The fraction of sp³-hybridized carbons (Fsp3) is 0.667. The minimum absolute atomic E-state index is 0.0479. The third kappa shape index (κ3) is 10.3. The predicted molar refractivity (Wildman–Crippen MR) is 69.0 cm³/mol. The van der Waals surface area contributed by atoms with Crippen molar-refractivity contribution in [2.24, 2.45) is 0 Å². The Balaban J connectivity index is 3.43. The van der Waals surface area contributed by atoms with Gasteiger partial charge in [0, 0.05) is 0 Å². The lowest BCUT2D eigenvalue weighted by molar-refractivity contribution is 0.134. The molecule has 0 fully saturated rings. The van der Waals surface area contributed by atoms with Crippen molar-refractivity contribution in [2.45, 2.75) is 37.4 Å². The highest BCUT2D eigenvalue weighted by molar-refractivity contribution is 6.21. The molecule has 1 nitrogen and oxygen atoms in total. The Labute approximate surface area is 103 Å². The first kappa shape index (κ1) is 15.0. The Bertz CT molecular complexity index is 170. The second-order valence-electron chi connectivity index (χ2n) is 3.34. The first-order valence-electron chi connectivity index (χ1n) is 5.28. The van der Waals surface area contributed by atoms with Crippen LogP contribution >= 0.6 is 23.2 Å². The Kier molecular flexibility index (Phi) is 10.5. The van der Waals surface area contributed by atoms with Gasteiger partial charge in [0.15, 0.2) is 0 Å². The van der Waals surface area contributed by atoms with Gasteiger partial charge in [0.25, 0.3) is 0 Å². The molecule has 0 aromatic carbocycles. The third-order valence-corrected chi connectivity index (χ3v) is 2.46. The summed E-state index contributed by atoms with van der Waals surface area (Å²) < 4.78 is 5.42. The molecule has 0 heterocycles. The molecular weight excluding hydrogens is 231 g/mol. The highest BCUT2D eigenvalue weighted by Crippen LogP contribution is 2.07. The van der Waals surface area contributed by atoms with E-state index in [4.69, 9.17) is 27.9 Å². The van der Waals surface area contributed by atoms with E-state index in [1.165, 1.54) is 0 Å². The van der Waals surface area contributed by atoms with Crippen LogP contribution in [-0.4, -0.2) is 24.0 Å². The van der Waals surface area contributed by atoms with Crippen LogP contribution < -0.4 is 0 Å². The summed E-state index contributed by atoms with van der Waals surface area (Å²) in [7, 11) is 0. The number of hydrogen-bond donors (Lipinski definition) is 0. The summed E-state index contributed by atoms with van der Waals surface area (Å²) in [5.74, 6) is 0. The van der Waals surface area contributed by atoms with Gasteiger partial charge in [-0.3, -0.25) is 0 Å². The van der Waals surface area contributed by atoms with Crippen molar-refractivity contribution in [1.29, 1.82) is 0 Å². The van der Waals surface area contributed by atoms with Gasteiger partial charge in [-0.2, -0.15) is 0 Å². The van der Waals surface area contributed by atoms with Crippen LogP contribution in [0.25, 0.3) is 0 Å². The number of alkyl halides is 2. The highest BCUT2D eigenvalue weighted by Gasteiger charge is 2.05. The zero-order chi connectivity index (χ0) is 11.5. The Morgan fingerprint density at radius 2 is 1.33 bits per heavy atom. The zero-order valence-corrected chi connectivity index (χ0v) is 11.0. The topological polar surface area (TPSA) is 9.23 Å². The molecule has 0 aliphatic carbocycles. The molecule has 0 amide bonds. The first-order chi connectivity index (χ1) is 7.20. The van der Waals surface area contributed by atoms with Gasteiger partial charge in [-0.05, 0) is 26.7 Å². The summed E-state index contributed by atoms with van der Waals surface area (Å²) >= 11 is 12.0. The van der Waals surface area contributed by atoms with Crippen molar-refractivity contribution in [3.8, 4) is 0 Å². The van der Waals surface area contributed by atoms with Crippen molar-refractivity contribution in [2.75, 3.05) is 13.2 Å².